The van der Waals surface area contributed by atoms with Crippen LogP contribution in [0.25, 0.3) is 0 Å². The molecule has 3 heteroatoms. The molecule has 3 nitrogen and oxygen atoms in total. The molecule has 0 aliphatic heterocycles. The van der Waals surface area contributed by atoms with Crippen LogP contribution >= 0.6 is 0 Å². The summed E-state index contributed by atoms with van der Waals surface area (Å²) in [7, 11) is 1.69. The maximum atomic E-state index is 5.31. The van der Waals surface area contributed by atoms with E-state index >= 15 is 0 Å². The number of pyridine rings is 1. The highest BCUT2D eigenvalue weighted by molar-refractivity contribution is 5.45. The van der Waals surface area contributed by atoms with Gasteiger partial charge in [0.25, 0.3) is 0 Å². The number of anilines is 1. The van der Waals surface area contributed by atoms with Crippen LogP contribution in [-0.2, 0) is 6.54 Å². The van der Waals surface area contributed by atoms with Crippen molar-refractivity contribution in [2.24, 2.45) is 0 Å². The van der Waals surface area contributed by atoms with Crippen molar-refractivity contribution < 1.29 is 4.74 Å². The fourth-order valence-corrected chi connectivity index (χ4v) is 1.70. The van der Waals surface area contributed by atoms with Crippen molar-refractivity contribution >= 4 is 5.69 Å². The predicted octanol–water partition coefficient (Wildman–Crippen LogP) is 3.01. The number of ether oxygens (including phenoxy) is 1. The van der Waals surface area contributed by atoms with Gasteiger partial charge in [-0.25, -0.2) is 0 Å². The summed E-state index contributed by atoms with van der Waals surface area (Å²) < 4.78 is 5.31. The van der Waals surface area contributed by atoms with Gasteiger partial charge in [-0.1, -0.05) is 18.2 Å². The topological polar surface area (TPSA) is 34.1 Å². The van der Waals surface area contributed by atoms with Crippen molar-refractivity contribution in [1.29, 1.82) is 0 Å². The highest BCUT2D eigenvalue weighted by Gasteiger charge is 2.01. The molecule has 88 valence electrons. The van der Waals surface area contributed by atoms with E-state index in [-0.39, 0.29) is 0 Å². The summed E-state index contributed by atoms with van der Waals surface area (Å²) in [6.45, 7) is 2.72. The molecule has 0 aliphatic carbocycles. The van der Waals surface area contributed by atoms with Gasteiger partial charge < -0.3 is 10.1 Å². The first kappa shape index (κ1) is 11.5. The number of rotatable bonds is 4. The third-order valence-electron chi connectivity index (χ3n) is 2.57. The molecule has 0 bridgehead atoms. The molecule has 0 spiro atoms. The lowest BCUT2D eigenvalue weighted by atomic mass is 10.2. The quantitative estimate of drug-likeness (QED) is 0.873. The molecular formula is C14H16N2O. The van der Waals surface area contributed by atoms with Gasteiger partial charge in [0.1, 0.15) is 5.75 Å². The molecule has 1 aromatic carbocycles. The smallest absolute Gasteiger partial charge is 0.123 e. The molecule has 17 heavy (non-hydrogen) atoms. The molecule has 1 aromatic heterocycles. The fourth-order valence-electron chi connectivity index (χ4n) is 1.70. The maximum absolute atomic E-state index is 5.31. The van der Waals surface area contributed by atoms with Crippen LogP contribution in [0.5, 0.6) is 5.75 Å². The van der Waals surface area contributed by atoms with Crippen LogP contribution in [-0.4, -0.2) is 12.1 Å². The molecule has 0 saturated carbocycles. The van der Waals surface area contributed by atoms with Crippen molar-refractivity contribution in [2.45, 2.75) is 13.5 Å². The Labute approximate surface area is 101 Å². The Morgan fingerprint density at radius 3 is 2.82 bits per heavy atom. The molecule has 2 rings (SSSR count). The van der Waals surface area contributed by atoms with Gasteiger partial charge in [-0.05, 0) is 25.1 Å². The maximum Gasteiger partial charge on any atom is 0.123 e. The molecule has 2 aromatic rings. The van der Waals surface area contributed by atoms with E-state index in [0.717, 1.165) is 29.2 Å². The van der Waals surface area contributed by atoms with E-state index in [1.165, 1.54) is 0 Å². The lowest BCUT2D eigenvalue weighted by Gasteiger charge is -2.10. The molecule has 1 heterocycles. The van der Waals surface area contributed by atoms with Crippen LogP contribution in [0, 0.1) is 6.92 Å². The highest BCUT2D eigenvalue weighted by atomic mass is 16.5. The van der Waals surface area contributed by atoms with Crippen LogP contribution in [0.4, 0.5) is 5.69 Å². The van der Waals surface area contributed by atoms with E-state index in [4.69, 9.17) is 4.74 Å². The standard InChI is InChI=1S/C14H16N2O/c1-11-9-13(7-8-15-11)16-10-12-5-3-4-6-14(12)17-2/h3-9H,10H2,1-2H3,(H,15,16). The van der Waals surface area contributed by atoms with Crippen LogP contribution in [0.2, 0.25) is 0 Å². The van der Waals surface area contributed by atoms with Gasteiger partial charge >= 0.3 is 0 Å². The van der Waals surface area contributed by atoms with Crippen LogP contribution in [0.15, 0.2) is 42.6 Å². The first-order valence-corrected chi connectivity index (χ1v) is 5.58. The average molecular weight is 228 g/mol. The van der Waals surface area contributed by atoms with Crippen LogP contribution in [0.1, 0.15) is 11.3 Å². The molecular weight excluding hydrogens is 212 g/mol. The summed E-state index contributed by atoms with van der Waals surface area (Å²) in [6, 6.07) is 12.0. The van der Waals surface area contributed by atoms with Gasteiger partial charge in [-0.2, -0.15) is 0 Å². The molecule has 0 fully saturated rings. The third kappa shape index (κ3) is 2.97. The molecule has 0 unspecified atom stereocenters. The third-order valence-corrected chi connectivity index (χ3v) is 2.57. The Hall–Kier alpha value is -2.03. The van der Waals surface area contributed by atoms with E-state index in [0.29, 0.717) is 0 Å². The zero-order valence-electron chi connectivity index (χ0n) is 10.1. The summed E-state index contributed by atoms with van der Waals surface area (Å²) >= 11 is 0. The van der Waals surface area contributed by atoms with Gasteiger partial charge in [0, 0.05) is 29.7 Å². The highest BCUT2D eigenvalue weighted by Crippen LogP contribution is 2.18. The predicted molar refractivity (Wildman–Crippen MR) is 69.3 cm³/mol. The Bertz CT molecular complexity index is 497. The Morgan fingerprint density at radius 1 is 1.24 bits per heavy atom. The average Bonchev–Trinajstić information content (AvgIpc) is 2.37. The molecule has 0 amide bonds. The SMILES string of the molecule is COc1ccccc1CNc1ccnc(C)c1. The first-order chi connectivity index (χ1) is 8.29. The van der Waals surface area contributed by atoms with Crippen molar-refractivity contribution in [1.82, 2.24) is 4.98 Å². The van der Waals surface area contributed by atoms with Crippen molar-refractivity contribution in [3.05, 3.63) is 53.9 Å². The summed E-state index contributed by atoms with van der Waals surface area (Å²) in [5.74, 6) is 0.908. The normalized spacial score (nSPS) is 10.0. The number of hydrogen-bond donors (Lipinski definition) is 1. The number of aryl methyl sites for hydroxylation is 1. The minimum atomic E-state index is 0.744. The van der Waals surface area contributed by atoms with Crippen LogP contribution < -0.4 is 10.1 Å². The number of benzene rings is 1. The Kier molecular flexibility index (Phi) is 3.60. The van der Waals surface area contributed by atoms with Crippen molar-refractivity contribution in [2.75, 3.05) is 12.4 Å². The zero-order chi connectivity index (χ0) is 12.1. The Morgan fingerprint density at radius 2 is 2.06 bits per heavy atom. The van der Waals surface area contributed by atoms with Crippen molar-refractivity contribution in [3.63, 3.8) is 0 Å². The molecule has 0 aliphatic rings. The van der Waals surface area contributed by atoms with Gasteiger partial charge in [0.2, 0.25) is 0 Å². The monoisotopic (exact) mass is 228 g/mol. The largest absolute Gasteiger partial charge is 0.496 e. The Balaban J connectivity index is 2.07. The summed E-state index contributed by atoms with van der Waals surface area (Å²) in [6.07, 6.45) is 1.81. The molecule has 1 N–H and O–H groups in total. The fraction of sp³-hybridized carbons (Fsp3) is 0.214. The second-order valence-corrected chi connectivity index (χ2v) is 3.85. The van der Waals surface area contributed by atoms with E-state index < -0.39 is 0 Å². The van der Waals surface area contributed by atoms with Crippen LogP contribution in [0.3, 0.4) is 0 Å². The second kappa shape index (κ2) is 5.34. The molecule has 0 atom stereocenters. The first-order valence-electron chi connectivity index (χ1n) is 5.58. The summed E-state index contributed by atoms with van der Waals surface area (Å²) in [5, 5.41) is 3.36. The van der Waals surface area contributed by atoms with Crippen molar-refractivity contribution in [3.8, 4) is 5.75 Å². The van der Waals surface area contributed by atoms with E-state index in [1.807, 2.05) is 37.3 Å². The number of aromatic nitrogens is 1. The van der Waals surface area contributed by atoms with Gasteiger partial charge in [0.15, 0.2) is 0 Å². The van der Waals surface area contributed by atoms with Gasteiger partial charge in [-0.3, -0.25) is 4.98 Å². The summed E-state index contributed by atoms with van der Waals surface area (Å²) in [4.78, 5) is 4.16. The minimum Gasteiger partial charge on any atom is -0.496 e. The second-order valence-electron chi connectivity index (χ2n) is 3.85. The van der Waals surface area contributed by atoms with Gasteiger partial charge in [-0.15, -0.1) is 0 Å². The summed E-state index contributed by atoms with van der Waals surface area (Å²) in [5.41, 5.74) is 3.22. The molecule has 0 radical (unpaired) electrons. The lowest BCUT2D eigenvalue weighted by Crippen LogP contribution is -2.01. The number of nitrogens with zero attached hydrogens (tertiary/aromatic N) is 1. The van der Waals surface area contributed by atoms with E-state index in [2.05, 4.69) is 16.4 Å². The van der Waals surface area contributed by atoms with E-state index in [1.54, 1.807) is 13.3 Å². The number of hydrogen-bond acceptors (Lipinski definition) is 3. The number of methoxy groups -OCH3 is 1. The van der Waals surface area contributed by atoms with E-state index in [9.17, 15) is 0 Å². The minimum absolute atomic E-state index is 0.744. The zero-order valence-corrected chi connectivity index (χ0v) is 10.1. The van der Waals surface area contributed by atoms with Gasteiger partial charge in [0.05, 0.1) is 7.11 Å². The molecule has 0 saturated heterocycles. The number of para-hydroxylation sites is 1. The number of nitrogens with one attached hydrogen (secondary N) is 1. The lowest BCUT2D eigenvalue weighted by molar-refractivity contribution is 0.410.